The van der Waals surface area contributed by atoms with E-state index in [-0.39, 0.29) is 24.3 Å². The second kappa shape index (κ2) is 9.82. The molecule has 9 atom stereocenters. The molecule has 0 radical (unpaired) electrons. The molecule has 0 aromatic heterocycles. The molecule has 1 heterocycles. The van der Waals surface area contributed by atoms with Crippen molar-refractivity contribution in [3.8, 4) is 6.07 Å². The molecule has 4 aliphatic carbocycles. The molecule has 1 N–H and O–H groups in total. The van der Waals surface area contributed by atoms with Gasteiger partial charge in [0.05, 0.1) is 6.10 Å². The second-order valence-corrected chi connectivity index (χ2v) is 12.8. The quantitative estimate of drug-likeness (QED) is 0.515. The van der Waals surface area contributed by atoms with Crippen LogP contribution in [0.3, 0.4) is 0 Å². The summed E-state index contributed by atoms with van der Waals surface area (Å²) < 4.78 is 38.7. The highest BCUT2D eigenvalue weighted by molar-refractivity contribution is 6.01. The Balaban J connectivity index is 1.33. The number of nitrogens with zero attached hydrogens (tertiary/aromatic N) is 2. The zero-order valence-electron chi connectivity index (χ0n) is 23.4. The number of alkyl halides is 2. The number of hydroxylamine groups is 2. The molecule has 4 fully saturated rings. The Hall–Kier alpha value is -2.93. The van der Waals surface area contributed by atoms with Gasteiger partial charge in [0.25, 0.3) is 0 Å². The fraction of sp³-hybridized carbons (Fsp3) is 0.594. The second-order valence-electron chi connectivity index (χ2n) is 12.8. The van der Waals surface area contributed by atoms with Crippen LogP contribution in [0.25, 0.3) is 0 Å². The molecular formula is C32H36F2N2O5. The number of nitriles is 1. The minimum atomic E-state index is -2.24. The highest BCUT2D eigenvalue weighted by atomic mass is 19.1. The van der Waals surface area contributed by atoms with Crippen LogP contribution >= 0.6 is 0 Å². The van der Waals surface area contributed by atoms with Gasteiger partial charge in [-0.1, -0.05) is 43.3 Å². The highest BCUT2D eigenvalue weighted by Gasteiger charge is 2.80. The van der Waals surface area contributed by atoms with E-state index in [0.717, 1.165) is 12.8 Å². The molecule has 0 bridgehead atoms. The van der Waals surface area contributed by atoms with Crippen LogP contribution in [-0.4, -0.2) is 65.2 Å². The van der Waals surface area contributed by atoms with Gasteiger partial charge >= 0.3 is 5.97 Å². The van der Waals surface area contributed by atoms with Gasteiger partial charge < -0.3 is 9.84 Å². The normalized spacial score (nSPS) is 42.9. The summed E-state index contributed by atoms with van der Waals surface area (Å²) in [4.78, 5) is 32.4. The van der Waals surface area contributed by atoms with Crippen LogP contribution < -0.4 is 0 Å². The molecule has 7 nitrogen and oxygen atoms in total. The third-order valence-corrected chi connectivity index (χ3v) is 11.0. The van der Waals surface area contributed by atoms with E-state index in [2.05, 4.69) is 12.1 Å². The Morgan fingerprint density at radius 1 is 1.24 bits per heavy atom. The van der Waals surface area contributed by atoms with Crippen LogP contribution in [0.4, 0.5) is 8.78 Å². The van der Waals surface area contributed by atoms with Crippen molar-refractivity contribution >= 4 is 11.8 Å². The van der Waals surface area contributed by atoms with Gasteiger partial charge in [0.15, 0.2) is 23.7 Å². The topological polar surface area (TPSA) is 99.9 Å². The van der Waals surface area contributed by atoms with E-state index >= 15 is 8.78 Å². The number of ether oxygens (including phenoxy) is 1. The van der Waals surface area contributed by atoms with Gasteiger partial charge in [-0.2, -0.15) is 10.3 Å². The van der Waals surface area contributed by atoms with Gasteiger partial charge in [-0.3, -0.25) is 9.63 Å². The number of esters is 1. The Morgan fingerprint density at radius 2 is 2.00 bits per heavy atom. The maximum atomic E-state index is 17.5. The van der Waals surface area contributed by atoms with E-state index in [1.807, 2.05) is 31.2 Å². The molecule has 218 valence electrons. The molecule has 9 heteroatoms. The first-order valence-electron chi connectivity index (χ1n) is 14.5. The van der Waals surface area contributed by atoms with Gasteiger partial charge in [0, 0.05) is 35.8 Å². The van der Waals surface area contributed by atoms with Crippen LogP contribution in [-0.2, 0) is 25.6 Å². The van der Waals surface area contributed by atoms with Crippen LogP contribution in [0.15, 0.2) is 54.1 Å². The number of ketones is 1. The number of hydrogen-bond donors (Lipinski definition) is 1. The zero-order chi connectivity index (χ0) is 29.2. The van der Waals surface area contributed by atoms with E-state index in [9.17, 15) is 14.7 Å². The monoisotopic (exact) mass is 566 g/mol. The number of fused-ring (bicyclic) bond motifs is 7. The van der Waals surface area contributed by atoms with Crippen molar-refractivity contribution in [3.05, 3.63) is 59.7 Å². The van der Waals surface area contributed by atoms with Crippen molar-refractivity contribution in [1.82, 2.24) is 5.06 Å². The molecule has 5 aliphatic rings. The van der Waals surface area contributed by atoms with E-state index in [1.165, 1.54) is 23.8 Å². The molecule has 6 rings (SSSR count). The molecule has 0 spiro atoms. The predicted molar refractivity (Wildman–Crippen MR) is 144 cm³/mol. The number of carbonyl (C=O) groups excluding carboxylic acids is 2. The molecule has 0 amide bonds. The maximum Gasteiger partial charge on any atom is 0.342 e. The summed E-state index contributed by atoms with van der Waals surface area (Å²) in [5.74, 6) is -2.90. The summed E-state index contributed by atoms with van der Waals surface area (Å²) in [5.41, 5.74) is -5.10. The van der Waals surface area contributed by atoms with Crippen LogP contribution in [0.2, 0.25) is 0 Å². The Labute approximate surface area is 238 Å². The lowest BCUT2D eigenvalue weighted by Crippen LogP contribution is -2.70. The number of aliphatic hydroxyl groups excluding tert-OH is 1. The Kier molecular flexibility index (Phi) is 6.76. The van der Waals surface area contributed by atoms with E-state index in [0.29, 0.717) is 19.5 Å². The number of rotatable bonds is 6. The summed E-state index contributed by atoms with van der Waals surface area (Å²) in [7, 11) is 0. The number of aliphatic hydroxyl groups is 1. The highest BCUT2D eigenvalue weighted by Crippen LogP contribution is 2.72. The number of hydrogen-bond acceptors (Lipinski definition) is 7. The van der Waals surface area contributed by atoms with Gasteiger partial charge in [-0.05, 0) is 68.2 Å². The Morgan fingerprint density at radius 3 is 2.73 bits per heavy atom. The van der Waals surface area contributed by atoms with E-state index < -0.39 is 64.6 Å². The fourth-order valence-electron chi connectivity index (χ4n) is 9.11. The number of benzene rings is 1. The number of carbonyl (C=O) groups is 2. The fourth-order valence-corrected chi connectivity index (χ4v) is 9.11. The minimum absolute atomic E-state index is 0.0635. The van der Waals surface area contributed by atoms with Crippen molar-refractivity contribution in [2.24, 2.45) is 28.6 Å². The predicted octanol–water partition coefficient (Wildman–Crippen LogP) is 4.22. The minimum Gasteiger partial charge on any atom is -0.448 e. The van der Waals surface area contributed by atoms with Crippen LogP contribution in [0.5, 0.6) is 0 Å². The molecular weight excluding hydrogens is 530 g/mol. The molecule has 41 heavy (non-hydrogen) atoms. The summed E-state index contributed by atoms with van der Waals surface area (Å²) in [5, 5.41) is 22.5. The van der Waals surface area contributed by atoms with Crippen molar-refractivity contribution < 1.29 is 33.1 Å². The average molecular weight is 567 g/mol. The Bertz CT molecular complexity index is 1350. The zero-order valence-corrected chi connectivity index (χ0v) is 23.4. The molecule has 3 saturated carbocycles. The summed E-state index contributed by atoms with van der Waals surface area (Å²) in [6.07, 6.45) is 2.40. The summed E-state index contributed by atoms with van der Waals surface area (Å²) in [6.45, 7) is 3.88. The van der Waals surface area contributed by atoms with Crippen molar-refractivity contribution in [2.75, 3.05) is 19.7 Å². The standard InChI is InChI=1S/C32H36F2N2O5/c1-29-11-10-22(37)16-25(29)26(33)17-24-23-15-21-19-36(13-6-9-20-7-4-3-5-8-20)41-32(21,28(39)40-14-12-35)30(23,2)18-27(38)31(24,29)34/h3-5,7-8,10-11,16,21,23-24,26-27,38H,6,9,13-15,17-19H2,1-2H3/t21-,23-,24-,26-,27-,29-,30-,31-,32-/m0/s1. The molecule has 1 aromatic carbocycles. The van der Waals surface area contributed by atoms with Crippen molar-refractivity contribution in [2.45, 2.75) is 69.5 Å². The van der Waals surface area contributed by atoms with Crippen LogP contribution in [0, 0.1) is 39.9 Å². The van der Waals surface area contributed by atoms with Gasteiger partial charge in [-0.15, -0.1) is 0 Å². The number of allylic oxidation sites excluding steroid dienone is 4. The third-order valence-electron chi connectivity index (χ3n) is 11.0. The first-order chi connectivity index (χ1) is 19.5. The molecule has 1 aliphatic heterocycles. The SMILES string of the molecule is C[C@]12C=CC(=O)C=C1[C@@H](F)C[C@H]1[C@@H]3C[C@H]4CN(CCCc5ccccc5)O[C@@]4(C(=O)OCC#N)[C@@]3(C)C[C@H](O)[C@@]12F. The molecule has 1 aromatic rings. The largest absolute Gasteiger partial charge is 0.448 e. The summed E-state index contributed by atoms with van der Waals surface area (Å²) in [6, 6.07) is 11.9. The number of aryl methyl sites for hydroxylation is 1. The van der Waals surface area contributed by atoms with Gasteiger partial charge in [0.1, 0.15) is 12.2 Å². The molecule has 1 saturated heterocycles. The first-order valence-corrected chi connectivity index (χ1v) is 14.5. The smallest absolute Gasteiger partial charge is 0.342 e. The molecule has 0 unspecified atom stereocenters. The van der Waals surface area contributed by atoms with Gasteiger partial charge in [0.2, 0.25) is 0 Å². The lowest BCUT2D eigenvalue weighted by molar-refractivity contribution is -0.274. The maximum absolute atomic E-state index is 17.5. The van der Waals surface area contributed by atoms with Crippen molar-refractivity contribution in [1.29, 1.82) is 5.26 Å². The first kappa shape index (κ1) is 28.2. The van der Waals surface area contributed by atoms with E-state index in [4.69, 9.17) is 14.8 Å². The van der Waals surface area contributed by atoms with Crippen molar-refractivity contribution in [3.63, 3.8) is 0 Å². The number of halogens is 2. The lowest BCUT2D eigenvalue weighted by Gasteiger charge is -2.63. The lowest BCUT2D eigenvalue weighted by atomic mass is 9.44. The average Bonchev–Trinajstić information content (AvgIpc) is 3.43. The third kappa shape index (κ3) is 3.83. The van der Waals surface area contributed by atoms with Gasteiger partial charge in [-0.25, -0.2) is 13.6 Å². The summed E-state index contributed by atoms with van der Waals surface area (Å²) >= 11 is 0. The van der Waals surface area contributed by atoms with E-state index in [1.54, 1.807) is 12.0 Å². The van der Waals surface area contributed by atoms with Crippen LogP contribution in [0.1, 0.15) is 45.1 Å².